The Morgan fingerprint density at radius 3 is 2.43 bits per heavy atom. The smallest absolute Gasteiger partial charge is 0.270 e. The standard InChI is InChI=1S/C17H24N4O5S2/c1-10(12-9-11(25-5)7-8-13(12)26-6)21-28(23,24)16-20-19-15(27-16)18-14(22)17(2,3)4/h7-10,21H,1-6H3,(H,18,19,22)/t10-/m0/s1. The van der Waals surface area contributed by atoms with E-state index in [1.807, 2.05) is 0 Å². The van der Waals surface area contributed by atoms with Crippen molar-refractivity contribution < 1.29 is 22.7 Å². The van der Waals surface area contributed by atoms with Crippen LogP contribution in [0.1, 0.15) is 39.3 Å². The summed E-state index contributed by atoms with van der Waals surface area (Å²) in [6.07, 6.45) is 0. The summed E-state index contributed by atoms with van der Waals surface area (Å²) >= 11 is 0.778. The molecule has 2 rings (SSSR count). The minimum absolute atomic E-state index is 0.118. The Labute approximate surface area is 168 Å². The van der Waals surface area contributed by atoms with E-state index < -0.39 is 21.5 Å². The monoisotopic (exact) mass is 428 g/mol. The average molecular weight is 429 g/mol. The summed E-state index contributed by atoms with van der Waals surface area (Å²) in [7, 11) is -0.931. The van der Waals surface area contributed by atoms with Crippen LogP contribution >= 0.6 is 11.3 Å². The summed E-state index contributed by atoms with van der Waals surface area (Å²) in [6, 6.07) is 4.50. The molecule has 154 valence electrons. The molecule has 1 heterocycles. The van der Waals surface area contributed by atoms with E-state index in [9.17, 15) is 13.2 Å². The lowest BCUT2D eigenvalue weighted by Gasteiger charge is -2.17. The van der Waals surface area contributed by atoms with Crippen molar-refractivity contribution >= 4 is 32.4 Å². The number of hydrogen-bond donors (Lipinski definition) is 2. The third-order valence-electron chi connectivity index (χ3n) is 3.77. The van der Waals surface area contributed by atoms with Crippen molar-refractivity contribution in [2.45, 2.75) is 38.1 Å². The second kappa shape index (κ2) is 8.41. The normalized spacial score (nSPS) is 13.1. The topological polar surface area (TPSA) is 120 Å². The van der Waals surface area contributed by atoms with E-state index in [2.05, 4.69) is 20.2 Å². The molecule has 9 nitrogen and oxygen atoms in total. The van der Waals surface area contributed by atoms with Gasteiger partial charge in [-0.2, -0.15) is 0 Å². The van der Waals surface area contributed by atoms with Crippen molar-refractivity contribution in [3.63, 3.8) is 0 Å². The molecule has 0 aliphatic carbocycles. The molecule has 0 saturated heterocycles. The molecular weight excluding hydrogens is 404 g/mol. The van der Waals surface area contributed by atoms with Crippen molar-refractivity contribution in [1.82, 2.24) is 14.9 Å². The zero-order valence-corrected chi connectivity index (χ0v) is 18.2. The summed E-state index contributed by atoms with van der Waals surface area (Å²) in [5.41, 5.74) is -0.0309. The summed E-state index contributed by atoms with van der Waals surface area (Å²) < 4.78 is 38.2. The van der Waals surface area contributed by atoms with E-state index in [-0.39, 0.29) is 15.4 Å². The van der Waals surface area contributed by atoms with Crippen molar-refractivity contribution in [3.05, 3.63) is 23.8 Å². The van der Waals surface area contributed by atoms with Crippen LogP contribution in [-0.4, -0.2) is 38.7 Å². The number of ether oxygens (including phenoxy) is 2. The van der Waals surface area contributed by atoms with Crippen LogP contribution in [0, 0.1) is 5.41 Å². The lowest BCUT2D eigenvalue weighted by molar-refractivity contribution is -0.123. The van der Waals surface area contributed by atoms with E-state index in [1.165, 1.54) is 14.2 Å². The van der Waals surface area contributed by atoms with Crippen LogP contribution in [0.2, 0.25) is 0 Å². The van der Waals surface area contributed by atoms with Crippen LogP contribution in [0.5, 0.6) is 11.5 Å². The quantitative estimate of drug-likeness (QED) is 0.650. The van der Waals surface area contributed by atoms with Gasteiger partial charge in [-0.05, 0) is 25.1 Å². The highest BCUT2D eigenvalue weighted by Crippen LogP contribution is 2.31. The Kier molecular flexibility index (Phi) is 6.63. The summed E-state index contributed by atoms with van der Waals surface area (Å²) in [5.74, 6) is 0.811. The van der Waals surface area contributed by atoms with Gasteiger partial charge < -0.3 is 14.8 Å². The largest absolute Gasteiger partial charge is 0.497 e. The first-order chi connectivity index (χ1) is 13.0. The van der Waals surface area contributed by atoms with Gasteiger partial charge in [0.1, 0.15) is 11.5 Å². The van der Waals surface area contributed by atoms with Crippen molar-refractivity contribution in [1.29, 1.82) is 0 Å². The molecule has 0 unspecified atom stereocenters. The SMILES string of the molecule is COc1ccc(OC)c([C@H](C)NS(=O)(=O)c2nnc(NC(=O)C(C)(C)C)s2)c1. The van der Waals surface area contributed by atoms with Crippen LogP contribution in [0.15, 0.2) is 22.5 Å². The second-order valence-corrected chi connectivity index (χ2v) is 9.89. The molecule has 0 aliphatic rings. The summed E-state index contributed by atoms with van der Waals surface area (Å²) in [5, 5.41) is 10.1. The first-order valence-electron chi connectivity index (χ1n) is 8.37. The van der Waals surface area contributed by atoms with Gasteiger partial charge in [-0.15, -0.1) is 10.2 Å². The Bertz CT molecular complexity index is 951. The van der Waals surface area contributed by atoms with Crippen molar-refractivity contribution in [2.75, 3.05) is 19.5 Å². The maximum Gasteiger partial charge on any atom is 0.270 e. The predicted octanol–water partition coefficient (Wildman–Crippen LogP) is 2.58. The predicted molar refractivity (Wildman–Crippen MR) is 106 cm³/mol. The molecule has 2 N–H and O–H groups in total. The molecule has 0 aliphatic heterocycles. The van der Waals surface area contributed by atoms with Gasteiger partial charge in [-0.1, -0.05) is 32.1 Å². The van der Waals surface area contributed by atoms with E-state index >= 15 is 0 Å². The van der Waals surface area contributed by atoms with Gasteiger partial charge in [0.15, 0.2) is 0 Å². The fourth-order valence-electron chi connectivity index (χ4n) is 2.18. The Morgan fingerprint density at radius 1 is 1.18 bits per heavy atom. The maximum absolute atomic E-state index is 12.7. The number of carbonyl (C=O) groups excluding carboxylic acids is 1. The number of sulfonamides is 1. The first kappa shape index (κ1) is 22.1. The number of rotatable bonds is 7. The van der Waals surface area contributed by atoms with Crippen LogP contribution < -0.4 is 19.5 Å². The van der Waals surface area contributed by atoms with Crippen LogP contribution in [0.4, 0.5) is 5.13 Å². The van der Waals surface area contributed by atoms with Crippen LogP contribution in [0.25, 0.3) is 0 Å². The fraction of sp³-hybridized carbons (Fsp3) is 0.471. The Morgan fingerprint density at radius 2 is 1.86 bits per heavy atom. The zero-order chi connectivity index (χ0) is 21.1. The number of nitrogens with zero attached hydrogens (tertiary/aromatic N) is 2. The minimum Gasteiger partial charge on any atom is -0.497 e. The number of anilines is 1. The highest BCUT2D eigenvalue weighted by Gasteiger charge is 2.27. The van der Waals surface area contributed by atoms with E-state index in [0.717, 1.165) is 11.3 Å². The second-order valence-electron chi connectivity index (χ2n) is 7.03. The van der Waals surface area contributed by atoms with Crippen LogP contribution in [-0.2, 0) is 14.8 Å². The molecule has 1 atom stereocenters. The molecule has 0 bridgehead atoms. The van der Waals surface area contributed by atoms with Gasteiger partial charge in [-0.25, -0.2) is 13.1 Å². The number of aromatic nitrogens is 2. The average Bonchev–Trinajstić information content (AvgIpc) is 3.09. The molecule has 0 radical (unpaired) electrons. The van der Waals surface area contributed by atoms with Gasteiger partial charge in [0.05, 0.1) is 14.2 Å². The zero-order valence-electron chi connectivity index (χ0n) is 16.6. The lowest BCUT2D eigenvalue weighted by Crippen LogP contribution is -2.27. The number of benzene rings is 1. The molecular formula is C17H24N4O5S2. The number of hydrogen-bond acceptors (Lipinski definition) is 8. The van der Waals surface area contributed by atoms with Gasteiger partial charge in [-0.3, -0.25) is 4.79 Å². The number of amides is 1. The Hall–Kier alpha value is -2.24. The van der Waals surface area contributed by atoms with Crippen molar-refractivity contribution in [2.24, 2.45) is 5.41 Å². The van der Waals surface area contributed by atoms with Gasteiger partial charge >= 0.3 is 0 Å². The Balaban J connectivity index is 2.21. The molecule has 11 heteroatoms. The molecule has 0 saturated carbocycles. The lowest BCUT2D eigenvalue weighted by atomic mass is 9.96. The third kappa shape index (κ3) is 5.18. The maximum atomic E-state index is 12.7. The number of nitrogens with one attached hydrogen (secondary N) is 2. The van der Waals surface area contributed by atoms with E-state index in [1.54, 1.807) is 45.9 Å². The minimum atomic E-state index is -3.96. The van der Waals surface area contributed by atoms with E-state index in [4.69, 9.17) is 9.47 Å². The van der Waals surface area contributed by atoms with E-state index in [0.29, 0.717) is 17.1 Å². The van der Waals surface area contributed by atoms with Gasteiger partial charge in [0.2, 0.25) is 15.4 Å². The molecule has 1 amide bonds. The van der Waals surface area contributed by atoms with Crippen molar-refractivity contribution in [3.8, 4) is 11.5 Å². The summed E-state index contributed by atoms with van der Waals surface area (Å²) in [4.78, 5) is 12.0. The fourth-order valence-corrected chi connectivity index (χ4v) is 4.31. The molecule has 2 aromatic rings. The summed E-state index contributed by atoms with van der Waals surface area (Å²) in [6.45, 7) is 6.90. The first-order valence-corrected chi connectivity index (χ1v) is 10.7. The number of methoxy groups -OCH3 is 2. The molecule has 0 fully saturated rings. The highest BCUT2D eigenvalue weighted by molar-refractivity contribution is 7.91. The molecule has 0 spiro atoms. The molecule has 1 aromatic carbocycles. The number of carbonyl (C=O) groups is 1. The molecule has 1 aromatic heterocycles. The highest BCUT2D eigenvalue weighted by atomic mass is 32.2. The van der Waals surface area contributed by atoms with Gasteiger partial charge in [0, 0.05) is 17.0 Å². The van der Waals surface area contributed by atoms with Gasteiger partial charge in [0.25, 0.3) is 10.0 Å². The third-order valence-corrected chi connectivity index (χ3v) is 6.52. The molecule has 28 heavy (non-hydrogen) atoms. The van der Waals surface area contributed by atoms with Crippen LogP contribution in [0.3, 0.4) is 0 Å².